The molecule has 0 fully saturated rings. The molecule has 1 heterocycles. The first-order valence-electron chi connectivity index (χ1n) is 9.39. The summed E-state index contributed by atoms with van der Waals surface area (Å²) < 4.78 is 5.19. The highest BCUT2D eigenvalue weighted by molar-refractivity contribution is 6.32. The number of carboxylic acids is 1. The molecule has 0 atom stereocenters. The second-order valence-corrected chi connectivity index (χ2v) is 7.68. The summed E-state index contributed by atoms with van der Waals surface area (Å²) in [4.78, 5) is 36.3. The zero-order valence-electron chi connectivity index (χ0n) is 15.2. The zero-order chi connectivity index (χ0) is 19.8. The van der Waals surface area contributed by atoms with Crippen molar-refractivity contribution in [3.05, 3.63) is 51.3 Å². The van der Waals surface area contributed by atoms with Gasteiger partial charge in [-0.25, -0.2) is 4.79 Å². The Morgan fingerprint density at radius 1 is 1.07 bits per heavy atom. The molecule has 1 aliphatic heterocycles. The van der Waals surface area contributed by atoms with Gasteiger partial charge in [0.2, 0.25) is 0 Å². The number of carbonyl (C=O) groups is 3. The maximum absolute atomic E-state index is 12.8. The van der Waals surface area contributed by atoms with Crippen molar-refractivity contribution in [2.45, 2.75) is 44.4 Å². The van der Waals surface area contributed by atoms with Crippen molar-refractivity contribution in [3.63, 3.8) is 0 Å². The molecule has 3 aliphatic rings. The lowest BCUT2D eigenvalue weighted by Crippen LogP contribution is -2.36. The number of carbonyl (C=O) groups excluding carboxylic acids is 2. The van der Waals surface area contributed by atoms with Gasteiger partial charge in [0.25, 0.3) is 0 Å². The number of aliphatic carboxylic acids is 1. The molecule has 4 rings (SSSR count). The largest absolute Gasteiger partial charge is 0.480 e. The van der Waals surface area contributed by atoms with Gasteiger partial charge in [-0.3, -0.25) is 9.59 Å². The Morgan fingerprint density at radius 2 is 1.68 bits per heavy atom. The van der Waals surface area contributed by atoms with E-state index in [4.69, 9.17) is 21.4 Å². The highest BCUT2D eigenvalue weighted by atomic mass is 35.5. The van der Waals surface area contributed by atoms with E-state index in [9.17, 15) is 14.4 Å². The number of ketones is 2. The van der Waals surface area contributed by atoms with Gasteiger partial charge in [0.15, 0.2) is 18.2 Å². The molecule has 0 bridgehead atoms. The fourth-order valence-corrected chi connectivity index (χ4v) is 4.51. The van der Waals surface area contributed by atoms with Crippen LogP contribution in [0.25, 0.3) is 0 Å². The Hall–Kier alpha value is -2.60. The van der Waals surface area contributed by atoms with Crippen molar-refractivity contribution < 1.29 is 24.2 Å². The highest BCUT2D eigenvalue weighted by Crippen LogP contribution is 2.46. The van der Waals surface area contributed by atoms with E-state index in [2.05, 4.69) is 5.32 Å². The van der Waals surface area contributed by atoms with Crippen LogP contribution in [-0.2, 0) is 14.4 Å². The maximum Gasteiger partial charge on any atom is 0.341 e. The summed E-state index contributed by atoms with van der Waals surface area (Å²) >= 11 is 6.32. The minimum absolute atomic E-state index is 0.0611. The Bertz CT molecular complexity index is 904. The van der Waals surface area contributed by atoms with Gasteiger partial charge >= 0.3 is 5.97 Å². The summed E-state index contributed by atoms with van der Waals surface area (Å²) in [6.45, 7) is -0.492. The van der Waals surface area contributed by atoms with Gasteiger partial charge in [-0.15, -0.1) is 0 Å². The van der Waals surface area contributed by atoms with E-state index >= 15 is 0 Å². The molecule has 1 aromatic carbocycles. The fourth-order valence-electron chi connectivity index (χ4n) is 4.27. The van der Waals surface area contributed by atoms with E-state index in [1.807, 2.05) is 0 Å². The van der Waals surface area contributed by atoms with Gasteiger partial charge in [0, 0.05) is 41.3 Å². The number of hydrogen-bond acceptors (Lipinski definition) is 5. The van der Waals surface area contributed by atoms with Crippen molar-refractivity contribution in [1.29, 1.82) is 0 Å². The predicted molar refractivity (Wildman–Crippen MR) is 102 cm³/mol. The number of ether oxygens (including phenoxy) is 1. The Labute approximate surface area is 167 Å². The van der Waals surface area contributed by atoms with Crippen LogP contribution in [0.1, 0.15) is 50.0 Å². The molecule has 28 heavy (non-hydrogen) atoms. The van der Waals surface area contributed by atoms with Crippen LogP contribution in [0, 0.1) is 0 Å². The summed E-state index contributed by atoms with van der Waals surface area (Å²) in [7, 11) is 0. The minimum atomic E-state index is -1.09. The molecular weight excluding hydrogens is 382 g/mol. The second kappa shape index (κ2) is 7.43. The topological polar surface area (TPSA) is 92.7 Å². The molecule has 0 amide bonds. The highest BCUT2D eigenvalue weighted by Gasteiger charge is 2.40. The van der Waals surface area contributed by atoms with Crippen molar-refractivity contribution in [3.8, 4) is 5.75 Å². The van der Waals surface area contributed by atoms with Crippen molar-refractivity contribution in [2.75, 3.05) is 6.61 Å². The molecule has 1 aromatic rings. The van der Waals surface area contributed by atoms with E-state index in [0.29, 0.717) is 24.0 Å². The van der Waals surface area contributed by atoms with E-state index in [1.165, 1.54) is 0 Å². The van der Waals surface area contributed by atoms with Crippen LogP contribution in [0.15, 0.2) is 40.7 Å². The van der Waals surface area contributed by atoms with Crippen molar-refractivity contribution >= 4 is 29.1 Å². The minimum Gasteiger partial charge on any atom is -0.480 e. The van der Waals surface area contributed by atoms with E-state index in [-0.39, 0.29) is 22.3 Å². The molecule has 0 aromatic heterocycles. The Balaban J connectivity index is 1.78. The zero-order valence-corrected chi connectivity index (χ0v) is 16.0. The third-order valence-corrected chi connectivity index (χ3v) is 5.73. The SMILES string of the molecule is O=C(O)COc1ccc(C2C3=C(CCCC3=O)NC3=C2C(=O)CCC3)cc1Cl. The van der Waals surface area contributed by atoms with E-state index in [0.717, 1.165) is 42.6 Å². The van der Waals surface area contributed by atoms with E-state index < -0.39 is 18.5 Å². The first-order chi connectivity index (χ1) is 13.5. The van der Waals surface area contributed by atoms with Gasteiger partial charge in [0.1, 0.15) is 5.75 Å². The van der Waals surface area contributed by atoms with Crippen LogP contribution in [0.3, 0.4) is 0 Å². The number of benzene rings is 1. The lowest BCUT2D eigenvalue weighted by Gasteiger charge is -2.37. The number of hydrogen-bond donors (Lipinski definition) is 2. The molecular formula is C21H20ClNO5. The van der Waals surface area contributed by atoms with Crippen LogP contribution < -0.4 is 10.1 Å². The molecule has 146 valence electrons. The smallest absolute Gasteiger partial charge is 0.341 e. The number of allylic oxidation sites excluding steroid dienone is 4. The van der Waals surface area contributed by atoms with Crippen LogP contribution in [0.5, 0.6) is 5.75 Å². The number of halogens is 1. The fraction of sp³-hybridized carbons (Fsp3) is 0.381. The van der Waals surface area contributed by atoms with Gasteiger partial charge < -0.3 is 15.2 Å². The third kappa shape index (κ3) is 3.33. The number of carboxylic acid groups (broad SMARTS) is 1. The quantitative estimate of drug-likeness (QED) is 0.802. The second-order valence-electron chi connectivity index (χ2n) is 7.27. The molecule has 6 nitrogen and oxygen atoms in total. The number of rotatable bonds is 4. The summed E-state index contributed by atoms with van der Waals surface area (Å²) in [5.74, 6) is -1.14. The van der Waals surface area contributed by atoms with Gasteiger partial charge in [-0.05, 0) is 43.4 Å². The average Bonchev–Trinajstić information content (AvgIpc) is 2.66. The summed E-state index contributed by atoms with van der Waals surface area (Å²) in [5.41, 5.74) is 3.90. The first kappa shape index (κ1) is 18.7. The van der Waals surface area contributed by atoms with Gasteiger partial charge in [0.05, 0.1) is 5.02 Å². The maximum atomic E-state index is 12.8. The van der Waals surface area contributed by atoms with Crippen molar-refractivity contribution in [1.82, 2.24) is 5.32 Å². The lowest BCUT2D eigenvalue weighted by atomic mass is 9.71. The molecule has 2 N–H and O–H groups in total. The lowest BCUT2D eigenvalue weighted by molar-refractivity contribution is -0.139. The molecule has 0 unspecified atom stereocenters. The molecule has 2 aliphatic carbocycles. The number of Topliss-reactive ketones (excluding diaryl/α,β-unsaturated/α-hetero) is 2. The first-order valence-corrected chi connectivity index (χ1v) is 9.77. The molecule has 0 radical (unpaired) electrons. The normalized spacial score (nSPS) is 19.9. The number of dihydropyridines is 1. The van der Waals surface area contributed by atoms with Crippen LogP contribution in [-0.4, -0.2) is 29.2 Å². The summed E-state index contributed by atoms with van der Waals surface area (Å²) in [6, 6.07) is 5.04. The predicted octanol–water partition coefficient (Wildman–Crippen LogP) is 3.50. The molecule has 0 saturated heterocycles. The Kier molecular flexibility index (Phi) is 4.98. The van der Waals surface area contributed by atoms with Gasteiger partial charge in [-0.1, -0.05) is 17.7 Å². The standard InChI is InChI=1S/C21H20ClNO5/c22-12-9-11(7-8-17(12)28-10-18(26)27)19-20-13(3-1-5-15(20)24)23-14-4-2-6-16(25)21(14)19/h7-9,19,23H,1-6,10H2,(H,26,27). The monoisotopic (exact) mass is 401 g/mol. The van der Waals surface area contributed by atoms with Crippen molar-refractivity contribution in [2.24, 2.45) is 0 Å². The summed E-state index contributed by atoms with van der Waals surface area (Å²) in [6.07, 6.45) is 4.13. The number of nitrogens with one attached hydrogen (secondary N) is 1. The average molecular weight is 402 g/mol. The molecule has 0 spiro atoms. The van der Waals surface area contributed by atoms with Crippen LogP contribution in [0.2, 0.25) is 5.02 Å². The van der Waals surface area contributed by atoms with Gasteiger partial charge in [-0.2, -0.15) is 0 Å². The molecule has 0 saturated carbocycles. The molecule has 7 heteroatoms. The van der Waals surface area contributed by atoms with Crippen LogP contribution in [0.4, 0.5) is 0 Å². The third-order valence-electron chi connectivity index (χ3n) is 5.43. The summed E-state index contributed by atoms with van der Waals surface area (Å²) in [5, 5.41) is 12.4. The van der Waals surface area contributed by atoms with E-state index in [1.54, 1.807) is 18.2 Å². The Morgan fingerprint density at radius 3 is 2.21 bits per heavy atom. The van der Waals surface area contributed by atoms with Crippen LogP contribution >= 0.6 is 11.6 Å².